The van der Waals surface area contributed by atoms with Crippen molar-refractivity contribution in [2.24, 2.45) is 0 Å². The van der Waals surface area contributed by atoms with Crippen molar-refractivity contribution in [3.8, 4) is 6.07 Å². The van der Waals surface area contributed by atoms with Crippen molar-refractivity contribution in [3.63, 3.8) is 0 Å². The molecule has 2 aromatic heterocycles. The first-order valence-corrected chi connectivity index (χ1v) is 10.7. The fraction of sp³-hybridized carbons (Fsp3) is 0.278. The molecule has 7 nitrogen and oxygen atoms in total. The van der Waals surface area contributed by atoms with Gasteiger partial charge in [0.15, 0.2) is 0 Å². The van der Waals surface area contributed by atoms with E-state index in [0.717, 1.165) is 16.0 Å². The van der Waals surface area contributed by atoms with Gasteiger partial charge in [-0.05, 0) is 37.3 Å². The number of sulfonamides is 1. The van der Waals surface area contributed by atoms with E-state index in [1.54, 1.807) is 17.7 Å². The van der Waals surface area contributed by atoms with Crippen LogP contribution in [0.4, 0.5) is 5.82 Å². The number of hydrogen-bond donors (Lipinski definition) is 0. The number of aryl methyl sites for hydroxylation is 1. The van der Waals surface area contributed by atoms with E-state index < -0.39 is 10.0 Å². The molecule has 0 unspecified atom stereocenters. The Morgan fingerprint density at radius 3 is 2.48 bits per heavy atom. The number of piperazine rings is 1. The van der Waals surface area contributed by atoms with Crippen LogP contribution in [0.15, 0.2) is 41.6 Å². The maximum Gasteiger partial charge on any atom is 0.243 e. The lowest BCUT2D eigenvalue weighted by Crippen LogP contribution is -2.49. The van der Waals surface area contributed by atoms with Crippen molar-refractivity contribution in [1.29, 1.82) is 5.26 Å². The summed E-state index contributed by atoms with van der Waals surface area (Å²) in [5.41, 5.74) is 0.442. The molecule has 1 fully saturated rings. The fourth-order valence-electron chi connectivity index (χ4n) is 3.21. The molecule has 1 aliphatic heterocycles. The monoisotopic (exact) mass is 399 g/mol. The number of nitriles is 1. The minimum absolute atomic E-state index is 0.216. The summed E-state index contributed by atoms with van der Waals surface area (Å²) in [5.74, 6) is 0.861. The predicted octanol–water partition coefficient (Wildman–Crippen LogP) is 2.38. The molecule has 0 atom stereocenters. The highest BCUT2D eigenvalue weighted by atomic mass is 32.2. The fourth-order valence-corrected chi connectivity index (χ4v) is 5.47. The van der Waals surface area contributed by atoms with Crippen LogP contribution >= 0.6 is 11.3 Å². The number of thiophene rings is 1. The zero-order valence-electron chi connectivity index (χ0n) is 14.7. The standard InChI is InChI=1S/C18H17N5O2S2/c1-13-10-16-17(20-12-21-18(16)26-13)22-6-8-23(9-7-22)27(24,25)15-4-2-14(11-19)3-5-15/h2-5,10,12H,6-9H2,1H3. The maximum absolute atomic E-state index is 12.8. The number of hydrogen-bond acceptors (Lipinski definition) is 7. The lowest BCUT2D eigenvalue weighted by molar-refractivity contribution is 0.384. The molecule has 0 saturated carbocycles. The van der Waals surface area contributed by atoms with Crippen LogP contribution in [-0.4, -0.2) is 48.9 Å². The topological polar surface area (TPSA) is 90.2 Å². The molecule has 3 heterocycles. The Kier molecular flexibility index (Phi) is 4.55. The first kappa shape index (κ1) is 17.9. The Morgan fingerprint density at radius 1 is 1.11 bits per heavy atom. The summed E-state index contributed by atoms with van der Waals surface area (Å²) in [6, 6.07) is 10.1. The van der Waals surface area contributed by atoms with Gasteiger partial charge in [-0.25, -0.2) is 18.4 Å². The van der Waals surface area contributed by atoms with Crippen molar-refractivity contribution in [3.05, 3.63) is 47.1 Å². The van der Waals surface area contributed by atoms with Gasteiger partial charge in [0, 0.05) is 31.1 Å². The number of nitrogens with zero attached hydrogens (tertiary/aromatic N) is 5. The predicted molar refractivity (Wildman–Crippen MR) is 104 cm³/mol. The van der Waals surface area contributed by atoms with Crippen LogP contribution < -0.4 is 4.90 Å². The lowest BCUT2D eigenvalue weighted by Gasteiger charge is -2.34. The van der Waals surface area contributed by atoms with Crippen LogP contribution in [-0.2, 0) is 10.0 Å². The average Bonchev–Trinajstić information content (AvgIpc) is 3.08. The molecule has 1 aliphatic rings. The molecule has 0 bridgehead atoms. The molecular weight excluding hydrogens is 382 g/mol. The summed E-state index contributed by atoms with van der Waals surface area (Å²) in [6.07, 6.45) is 1.56. The van der Waals surface area contributed by atoms with E-state index in [2.05, 4.69) is 20.9 Å². The summed E-state index contributed by atoms with van der Waals surface area (Å²) < 4.78 is 27.2. The van der Waals surface area contributed by atoms with Crippen molar-refractivity contribution in [1.82, 2.24) is 14.3 Å². The molecule has 1 aromatic carbocycles. The van der Waals surface area contributed by atoms with Gasteiger partial charge in [-0.3, -0.25) is 0 Å². The van der Waals surface area contributed by atoms with E-state index in [4.69, 9.17) is 5.26 Å². The largest absolute Gasteiger partial charge is 0.353 e. The van der Waals surface area contributed by atoms with Crippen molar-refractivity contribution in [2.75, 3.05) is 31.1 Å². The molecular formula is C18H17N5O2S2. The van der Waals surface area contributed by atoms with Crippen LogP contribution in [0, 0.1) is 18.3 Å². The molecule has 0 aliphatic carbocycles. The number of rotatable bonds is 3. The van der Waals surface area contributed by atoms with Crippen LogP contribution in [0.1, 0.15) is 10.4 Å². The van der Waals surface area contributed by atoms with Crippen molar-refractivity contribution < 1.29 is 8.42 Å². The highest BCUT2D eigenvalue weighted by Crippen LogP contribution is 2.30. The van der Waals surface area contributed by atoms with Crippen LogP contribution in [0.2, 0.25) is 0 Å². The van der Waals surface area contributed by atoms with Crippen molar-refractivity contribution in [2.45, 2.75) is 11.8 Å². The summed E-state index contributed by atoms with van der Waals surface area (Å²) in [7, 11) is -3.56. The van der Waals surface area contributed by atoms with E-state index in [0.29, 0.717) is 31.7 Å². The van der Waals surface area contributed by atoms with Crippen molar-refractivity contribution >= 4 is 37.4 Å². The zero-order chi connectivity index (χ0) is 19.0. The number of fused-ring (bicyclic) bond motifs is 1. The second-order valence-electron chi connectivity index (χ2n) is 6.30. The molecule has 1 saturated heterocycles. The summed E-state index contributed by atoms with van der Waals surface area (Å²) in [5, 5.41) is 9.89. The Morgan fingerprint density at radius 2 is 1.81 bits per heavy atom. The SMILES string of the molecule is Cc1cc2c(N3CCN(S(=O)(=O)c4ccc(C#N)cc4)CC3)ncnc2s1. The van der Waals surface area contributed by atoms with Gasteiger partial charge in [0.05, 0.1) is 21.9 Å². The molecule has 27 heavy (non-hydrogen) atoms. The average molecular weight is 400 g/mol. The van der Waals surface area contributed by atoms with E-state index in [1.807, 2.05) is 13.0 Å². The van der Waals surface area contributed by atoms with Gasteiger partial charge in [0.1, 0.15) is 17.0 Å². The smallest absolute Gasteiger partial charge is 0.243 e. The van der Waals surface area contributed by atoms with Crippen LogP contribution in [0.25, 0.3) is 10.2 Å². The van der Waals surface area contributed by atoms with E-state index in [9.17, 15) is 8.42 Å². The van der Waals surface area contributed by atoms with Gasteiger partial charge < -0.3 is 4.90 Å². The Balaban J connectivity index is 1.53. The maximum atomic E-state index is 12.8. The summed E-state index contributed by atoms with van der Waals surface area (Å²) in [4.78, 5) is 13.2. The first-order chi connectivity index (χ1) is 13.0. The highest BCUT2D eigenvalue weighted by molar-refractivity contribution is 7.89. The second-order valence-corrected chi connectivity index (χ2v) is 9.47. The molecule has 3 aromatic rings. The van der Waals surface area contributed by atoms with Crippen LogP contribution in [0.3, 0.4) is 0 Å². The third kappa shape index (κ3) is 3.27. The van der Waals surface area contributed by atoms with Gasteiger partial charge in [0.25, 0.3) is 0 Å². The number of benzene rings is 1. The molecule has 9 heteroatoms. The van der Waals surface area contributed by atoms with E-state index in [1.165, 1.54) is 33.4 Å². The van der Waals surface area contributed by atoms with Gasteiger partial charge in [-0.15, -0.1) is 11.3 Å². The van der Waals surface area contributed by atoms with Gasteiger partial charge in [0.2, 0.25) is 10.0 Å². The summed E-state index contributed by atoms with van der Waals surface area (Å²) in [6.45, 7) is 3.94. The minimum Gasteiger partial charge on any atom is -0.353 e. The third-order valence-corrected chi connectivity index (χ3v) is 7.46. The number of anilines is 1. The molecule has 0 N–H and O–H groups in total. The molecule has 4 rings (SSSR count). The van der Waals surface area contributed by atoms with E-state index >= 15 is 0 Å². The molecule has 0 amide bonds. The third-order valence-electron chi connectivity index (χ3n) is 4.59. The van der Waals surface area contributed by atoms with E-state index in [-0.39, 0.29) is 4.90 Å². The van der Waals surface area contributed by atoms with Gasteiger partial charge in [-0.2, -0.15) is 9.57 Å². The summed E-state index contributed by atoms with van der Waals surface area (Å²) >= 11 is 1.63. The quantitative estimate of drug-likeness (QED) is 0.672. The van der Waals surface area contributed by atoms with Gasteiger partial charge >= 0.3 is 0 Å². The van der Waals surface area contributed by atoms with Crippen LogP contribution in [0.5, 0.6) is 0 Å². The highest BCUT2D eigenvalue weighted by Gasteiger charge is 2.29. The Hall–Kier alpha value is -2.54. The molecule has 138 valence electrons. The Labute approximate surface area is 161 Å². The molecule has 0 radical (unpaired) electrons. The lowest BCUT2D eigenvalue weighted by atomic mass is 10.2. The number of aromatic nitrogens is 2. The van der Waals surface area contributed by atoms with Gasteiger partial charge in [-0.1, -0.05) is 0 Å². The second kappa shape index (κ2) is 6.88. The normalized spacial score (nSPS) is 15.8. The Bertz CT molecular complexity index is 1120. The molecule has 0 spiro atoms. The minimum atomic E-state index is -3.56. The zero-order valence-corrected chi connectivity index (χ0v) is 16.3. The first-order valence-electron chi connectivity index (χ1n) is 8.45.